The van der Waals surface area contributed by atoms with Crippen molar-refractivity contribution >= 4 is 17.3 Å². The van der Waals surface area contributed by atoms with E-state index in [1.807, 2.05) is 19.9 Å². The van der Waals surface area contributed by atoms with Gasteiger partial charge in [0.2, 0.25) is 0 Å². The third kappa shape index (κ3) is 3.39. The molecule has 0 aliphatic rings. The van der Waals surface area contributed by atoms with Crippen molar-refractivity contribution in [3.05, 3.63) is 52.3 Å². The van der Waals surface area contributed by atoms with Gasteiger partial charge < -0.3 is 15.2 Å². The first-order valence-electron chi connectivity index (χ1n) is 6.51. The average Bonchev–Trinajstić information content (AvgIpc) is 2.42. The minimum atomic E-state index is -0.459. The van der Waals surface area contributed by atoms with E-state index in [0.29, 0.717) is 16.3 Å². The van der Waals surface area contributed by atoms with Crippen molar-refractivity contribution < 1.29 is 14.2 Å². The standard InChI is InChI=1S/C16H17ClFNO2/c1-9-6-15(16(21-3)8-13(9)17)19-10(2)12-5-4-11(20)7-14(12)18/h4-8,10,19-20H,1-3H3. The summed E-state index contributed by atoms with van der Waals surface area (Å²) in [6, 6.07) is 7.39. The predicted octanol–water partition coefficient (Wildman–Crippen LogP) is 4.67. The summed E-state index contributed by atoms with van der Waals surface area (Å²) in [7, 11) is 1.55. The van der Waals surface area contributed by atoms with Crippen LogP contribution in [0.1, 0.15) is 24.1 Å². The van der Waals surface area contributed by atoms with Crippen LogP contribution in [0.25, 0.3) is 0 Å². The number of halogens is 2. The van der Waals surface area contributed by atoms with Crippen LogP contribution in [0.4, 0.5) is 10.1 Å². The van der Waals surface area contributed by atoms with Gasteiger partial charge in [-0.25, -0.2) is 4.39 Å². The summed E-state index contributed by atoms with van der Waals surface area (Å²) in [6.07, 6.45) is 0. The Kier molecular flexibility index (Phi) is 4.58. The molecule has 1 unspecified atom stereocenters. The Balaban J connectivity index is 2.31. The molecular weight excluding hydrogens is 293 g/mol. The lowest BCUT2D eigenvalue weighted by Crippen LogP contribution is -2.09. The second kappa shape index (κ2) is 6.22. The Morgan fingerprint density at radius 3 is 2.62 bits per heavy atom. The molecular formula is C16H17ClFNO2. The molecule has 2 aromatic carbocycles. The minimum absolute atomic E-state index is 0.0941. The molecule has 0 amide bonds. The van der Waals surface area contributed by atoms with Crippen LogP contribution in [-0.4, -0.2) is 12.2 Å². The third-order valence-corrected chi connectivity index (χ3v) is 3.71. The highest BCUT2D eigenvalue weighted by Crippen LogP contribution is 2.34. The number of rotatable bonds is 4. The van der Waals surface area contributed by atoms with Crippen molar-refractivity contribution in [3.63, 3.8) is 0 Å². The third-order valence-electron chi connectivity index (χ3n) is 3.30. The zero-order valence-electron chi connectivity index (χ0n) is 12.1. The van der Waals surface area contributed by atoms with E-state index in [1.165, 1.54) is 6.07 Å². The van der Waals surface area contributed by atoms with Crippen LogP contribution >= 0.6 is 11.6 Å². The van der Waals surface area contributed by atoms with Crippen LogP contribution in [0.3, 0.4) is 0 Å². The molecule has 3 nitrogen and oxygen atoms in total. The van der Waals surface area contributed by atoms with Crippen LogP contribution in [-0.2, 0) is 0 Å². The highest BCUT2D eigenvalue weighted by molar-refractivity contribution is 6.31. The van der Waals surface area contributed by atoms with Crippen LogP contribution in [0.2, 0.25) is 5.02 Å². The normalized spacial score (nSPS) is 12.0. The molecule has 2 N–H and O–H groups in total. The second-order valence-electron chi connectivity index (χ2n) is 4.87. The maximum atomic E-state index is 13.9. The molecule has 0 spiro atoms. The van der Waals surface area contributed by atoms with E-state index in [2.05, 4.69) is 5.32 Å². The van der Waals surface area contributed by atoms with Crippen molar-refractivity contribution in [2.45, 2.75) is 19.9 Å². The number of phenols is 1. The Bertz CT molecular complexity index is 661. The summed E-state index contributed by atoms with van der Waals surface area (Å²) in [5, 5.41) is 13.1. The zero-order chi connectivity index (χ0) is 15.6. The molecule has 0 saturated heterocycles. The first kappa shape index (κ1) is 15.4. The van der Waals surface area contributed by atoms with Gasteiger partial charge in [0.05, 0.1) is 18.8 Å². The highest BCUT2D eigenvalue weighted by Gasteiger charge is 2.14. The molecule has 5 heteroatoms. The van der Waals surface area contributed by atoms with Crippen molar-refractivity contribution in [2.24, 2.45) is 0 Å². The van der Waals surface area contributed by atoms with E-state index in [-0.39, 0.29) is 11.8 Å². The topological polar surface area (TPSA) is 41.5 Å². The molecule has 0 saturated carbocycles. The summed E-state index contributed by atoms with van der Waals surface area (Å²) < 4.78 is 19.2. The molecule has 0 aliphatic heterocycles. The number of aryl methyl sites for hydroxylation is 1. The number of benzene rings is 2. The van der Waals surface area contributed by atoms with Crippen LogP contribution < -0.4 is 10.1 Å². The fourth-order valence-electron chi connectivity index (χ4n) is 2.12. The van der Waals surface area contributed by atoms with Crippen LogP contribution in [0.15, 0.2) is 30.3 Å². The first-order chi connectivity index (χ1) is 9.92. The lowest BCUT2D eigenvalue weighted by Gasteiger charge is -2.19. The van der Waals surface area contributed by atoms with Crippen molar-refractivity contribution in [1.29, 1.82) is 0 Å². The number of ether oxygens (including phenoxy) is 1. The minimum Gasteiger partial charge on any atom is -0.508 e. The van der Waals surface area contributed by atoms with Gasteiger partial charge in [-0.2, -0.15) is 0 Å². The molecule has 112 valence electrons. The van der Waals surface area contributed by atoms with Gasteiger partial charge in [0, 0.05) is 22.7 Å². The Morgan fingerprint density at radius 2 is 2.00 bits per heavy atom. The largest absolute Gasteiger partial charge is 0.508 e. The van der Waals surface area contributed by atoms with Gasteiger partial charge in [-0.3, -0.25) is 0 Å². The maximum Gasteiger partial charge on any atom is 0.143 e. The van der Waals surface area contributed by atoms with E-state index in [0.717, 1.165) is 17.3 Å². The van der Waals surface area contributed by atoms with E-state index in [4.69, 9.17) is 16.3 Å². The summed E-state index contributed by atoms with van der Waals surface area (Å²) in [5.74, 6) is 0.0413. The molecule has 0 aromatic heterocycles. The molecule has 0 fully saturated rings. The van der Waals surface area contributed by atoms with Gasteiger partial charge in [-0.15, -0.1) is 0 Å². The molecule has 21 heavy (non-hydrogen) atoms. The van der Waals surface area contributed by atoms with Crippen LogP contribution in [0.5, 0.6) is 11.5 Å². The highest BCUT2D eigenvalue weighted by atomic mass is 35.5. The lowest BCUT2D eigenvalue weighted by atomic mass is 10.1. The van der Waals surface area contributed by atoms with Crippen molar-refractivity contribution in [3.8, 4) is 11.5 Å². The quantitative estimate of drug-likeness (QED) is 0.862. The van der Waals surface area contributed by atoms with Gasteiger partial charge in [0.1, 0.15) is 17.3 Å². The second-order valence-corrected chi connectivity index (χ2v) is 5.28. The number of hydrogen-bond acceptors (Lipinski definition) is 3. The van der Waals surface area contributed by atoms with E-state index >= 15 is 0 Å². The van der Waals surface area contributed by atoms with Gasteiger partial charge >= 0.3 is 0 Å². The van der Waals surface area contributed by atoms with E-state index in [1.54, 1.807) is 19.2 Å². The smallest absolute Gasteiger partial charge is 0.143 e. The van der Waals surface area contributed by atoms with E-state index in [9.17, 15) is 9.50 Å². The molecule has 0 bridgehead atoms. The first-order valence-corrected chi connectivity index (χ1v) is 6.89. The van der Waals surface area contributed by atoms with Crippen molar-refractivity contribution in [1.82, 2.24) is 0 Å². The van der Waals surface area contributed by atoms with Crippen molar-refractivity contribution in [2.75, 3.05) is 12.4 Å². The summed E-state index contributed by atoms with van der Waals surface area (Å²) in [4.78, 5) is 0. The van der Waals surface area contributed by atoms with Gasteiger partial charge in [-0.05, 0) is 31.5 Å². The SMILES string of the molecule is COc1cc(Cl)c(C)cc1NC(C)c1ccc(O)cc1F. The van der Waals surface area contributed by atoms with Gasteiger partial charge in [0.25, 0.3) is 0 Å². The molecule has 0 heterocycles. The van der Waals surface area contributed by atoms with Gasteiger partial charge in [0.15, 0.2) is 0 Å². The summed E-state index contributed by atoms with van der Waals surface area (Å²) in [5.41, 5.74) is 2.10. The monoisotopic (exact) mass is 309 g/mol. The zero-order valence-corrected chi connectivity index (χ0v) is 12.8. The number of aromatic hydroxyl groups is 1. The number of hydrogen-bond donors (Lipinski definition) is 2. The number of nitrogens with one attached hydrogen (secondary N) is 1. The lowest BCUT2D eigenvalue weighted by molar-refractivity contribution is 0.416. The maximum absolute atomic E-state index is 13.9. The Morgan fingerprint density at radius 1 is 1.29 bits per heavy atom. The molecule has 0 radical (unpaired) electrons. The van der Waals surface area contributed by atoms with E-state index < -0.39 is 5.82 Å². The Hall–Kier alpha value is -1.94. The predicted molar refractivity (Wildman–Crippen MR) is 82.8 cm³/mol. The van der Waals surface area contributed by atoms with Crippen LogP contribution in [0, 0.1) is 12.7 Å². The molecule has 1 atom stereocenters. The summed E-state index contributed by atoms with van der Waals surface area (Å²) in [6.45, 7) is 3.72. The Labute approximate surface area is 128 Å². The van der Waals surface area contributed by atoms with Gasteiger partial charge in [-0.1, -0.05) is 17.7 Å². The number of anilines is 1. The fourth-order valence-corrected chi connectivity index (χ4v) is 2.28. The average molecular weight is 310 g/mol. The molecule has 0 aliphatic carbocycles. The summed E-state index contributed by atoms with van der Waals surface area (Å²) >= 11 is 6.07. The fraction of sp³-hybridized carbons (Fsp3) is 0.250. The number of methoxy groups -OCH3 is 1. The molecule has 2 rings (SSSR count). The number of phenolic OH excluding ortho intramolecular Hbond substituents is 1. The molecule has 2 aromatic rings.